The van der Waals surface area contributed by atoms with Gasteiger partial charge in [0, 0.05) is 28.4 Å². The second-order valence-electron chi connectivity index (χ2n) is 6.07. The van der Waals surface area contributed by atoms with Gasteiger partial charge in [0.1, 0.15) is 16.1 Å². The Kier molecular flexibility index (Phi) is 3.45. The largest absolute Gasteiger partial charge is 0.299 e. The van der Waals surface area contributed by atoms with Crippen LogP contribution in [0.4, 0.5) is 0 Å². The van der Waals surface area contributed by atoms with Gasteiger partial charge in [0.05, 0.1) is 5.69 Å². The summed E-state index contributed by atoms with van der Waals surface area (Å²) in [5.74, 6) is 0. The van der Waals surface area contributed by atoms with E-state index in [1.807, 2.05) is 11.6 Å². The molecule has 1 aliphatic rings. The van der Waals surface area contributed by atoms with E-state index < -0.39 is 0 Å². The van der Waals surface area contributed by atoms with E-state index >= 15 is 0 Å². The fourth-order valence-electron chi connectivity index (χ4n) is 1.88. The van der Waals surface area contributed by atoms with Crippen molar-refractivity contribution in [1.29, 1.82) is 0 Å². The first-order valence-electron chi connectivity index (χ1n) is 6.65. The second kappa shape index (κ2) is 4.96. The van der Waals surface area contributed by atoms with Gasteiger partial charge in [-0.05, 0) is 12.8 Å². The van der Waals surface area contributed by atoms with Crippen molar-refractivity contribution < 1.29 is 0 Å². The monoisotopic (exact) mass is 293 g/mol. The Morgan fingerprint density at radius 2 is 2.05 bits per heavy atom. The molecular formula is C14H19N3S2. The van der Waals surface area contributed by atoms with Gasteiger partial charge < -0.3 is 0 Å². The zero-order valence-electron chi connectivity index (χ0n) is 11.5. The Labute approximate surface area is 122 Å². The molecule has 0 bridgehead atoms. The molecule has 3 rings (SSSR count). The number of hydrogen-bond donors (Lipinski definition) is 1. The average Bonchev–Trinajstić information content (AvgIpc) is 2.86. The minimum absolute atomic E-state index is 0.113. The summed E-state index contributed by atoms with van der Waals surface area (Å²) < 4.78 is 0. The third-order valence-electron chi connectivity index (χ3n) is 3.22. The molecule has 0 radical (unpaired) electrons. The fourth-order valence-corrected chi connectivity index (χ4v) is 3.75. The third-order valence-corrected chi connectivity index (χ3v) is 4.97. The molecule has 0 saturated heterocycles. The van der Waals surface area contributed by atoms with Gasteiger partial charge in [-0.3, -0.25) is 5.32 Å². The molecule has 1 saturated carbocycles. The van der Waals surface area contributed by atoms with Gasteiger partial charge >= 0.3 is 0 Å². The topological polar surface area (TPSA) is 37.8 Å². The van der Waals surface area contributed by atoms with Crippen LogP contribution >= 0.6 is 22.7 Å². The number of rotatable bonds is 4. The first-order valence-corrected chi connectivity index (χ1v) is 8.41. The normalized spacial score (nSPS) is 17.6. The number of nitrogens with one attached hydrogen (secondary N) is 1. The van der Waals surface area contributed by atoms with Gasteiger partial charge in [0.15, 0.2) is 0 Å². The van der Waals surface area contributed by atoms with Gasteiger partial charge in [-0.25, -0.2) is 9.97 Å². The highest BCUT2D eigenvalue weighted by atomic mass is 32.1. The first kappa shape index (κ1) is 13.2. The van der Waals surface area contributed by atoms with Crippen molar-refractivity contribution in [3.63, 3.8) is 0 Å². The van der Waals surface area contributed by atoms with E-state index in [9.17, 15) is 0 Å². The lowest BCUT2D eigenvalue weighted by molar-refractivity contribution is 0.556. The number of hydrogen-bond acceptors (Lipinski definition) is 5. The number of aromatic nitrogens is 2. The van der Waals surface area contributed by atoms with E-state index in [2.05, 4.69) is 36.5 Å². The maximum Gasteiger partial charge on any atom is 0.117 e. The summed E-state index contributed by atoms with van der Waals surface area (Å²) in [5, 5.41) is 10.2. The molecule has 2 aromatic rings. The maximum absolute atomic E-state index is 4.84. The van der Waals surface area contributed by atoms with Crippen molar-refractivity contribution in [3.05, 3.63) is 32.7 Å². The van der Waals surface area contributed by atoms with Crippen molar-refractivity contribution in [2.45, 2.75) is 51.1 Å². The minimum Gasteiger partial charge on any atom is -0.299 e. The Bertz CT molecular complexity index is 535. The SMILES string of the molecule is CC(C)(C)c1csc(C(NC2CC2)c2nccs2)n1. The van der Waals surface area contributed by atoms with E-state index in [0.717, 1.165) is 10.0 Å². The van der Waals surface area contributed by atoms with Crippen LogP contribution in [0.25, 0.3) is 0 Å². The summed E-state index contributed by atoms with van der Waals surface area (Å²) >= 11 is 3.45. The molecule has 1 aliphatic carbocycles. The molecule has 1 N–H and O–H groups in total. The summed E-state index contributed by atoms with van der Waals surface area (Å²) in [7, 11) is 0. The lowest BCUT2D eigenvalue weighted by atomic mass is 9.93. The number of nitrogens with zero attached hydrogens (tertiary/aromatic N) is 2. The van der Waals surface area contributed by atoms with Gasteiger partial charge in [-0.15, -0.1) is 22.7 Å². The van der Waals surface area contributed by atoms with Crippen LogP contribution in [-0.4, -0.2) is 16.0 Å². The number of thiazole rings is 2. The van der Waals surface area contributed by atoms with Gasteiger partial charge in [0.25, 0.3) is 0 Å². The molecule has 102 valence electrons. The molecule has 19 heavy (non-hydrogen) atoms. The maximum atomic E-state index is 4.84. The molecule has 1 unspecified atom stereocenters. The van der Waals surface area contributed by atoms with Crippen LogP contribution in [0, 0.1) is 0 Å². The predicted octanol–water partition coefficient (Wildman–Crippen LogP) is 3.74. The van der Waals surface area contributed by atoms with E-state index in [1.54, 1.807) is 22.7 Å². The van der Waals surface area contributed by atoms with Crippen LogP contribution in [0.3, 0.4) is 0 Å². The van der Waals surface area contributed by atoms with E-state index in [1.165, 1.54) is 18.5 Å². The Morgan fingerprint density at radius 1 is 1.26 bits per heavy atom. The van der Waals surface area contributed by atoms with Gasteiger partial charge in [0.2, 0.25) is 0 Å². The van der Waals surface area contributed by atoms with Crippen molar-refractivity contribution in [3.8, 4) is 0 Å². The van der Waals surface area contributed by atoms with Crippen LogP contribution < -0.4 is 5.32 Å². The molecule has 0 aliphatic heterocycles. The summed E-state index contributed by atoms with van der Waals surface area (Å²) in [6.07, 6.45) is 4.43. The Hall–Kier alpha value is -0.780. The van der Waals surface area contributed by atoms with Gasteiger partial charge in [-0.2, -0.15) is 0 Å². The molecule has 0 spiro atoms. The average molecular weight is 293 g/mol. The summed E-state index contributed by atoms with van der Waals surface area (Å²) in [6, 6.07) is 0.824. The van der Waals surface area contributed by atoms with E-state index in [-0.39, 0.29) is 11.5 Å². The molecule has 1 fully saturated rings. The molecule has 0 aromatic carbocycles. The molecule has 2 aromatic heterocycles. The van der Waals surface area contributed by atoms with Crippen LogP contribution in [0.5, 0.6) is 0 Å². The molecule has 1 atom stereocenters. The van der Waals surface area contributed by atoms with E-state index in [4.69, 9.17) is 4.98 Å². The smallest absolute Gasteiger partial charge is 0.117 e. The highest BCUT2D eigenvalue weighted by molar-refractivity contribution is 7.11. The molecule has 2 heterocycles. The highest BCUT2D eigenvalue weighted by Crippen LogP contribution is 2.33. The van der Waals surface area contributed by atoms with Crippen molar-refractivity contribution in [2.24, 2.45) is 0 Å². The Balaban J connectivity index is 1.88. The second-order valence-corrected chi connectivity index (χ2v) is 7.88. The standard InChI is InChI=1S/C14H19N3S2/c1-14(2,3)10-8-19-13(17-10)11(16-9-4-5-9)12-15-6-7-18-12/h6-9,11,16H,4-5H2,1-3H3. The zero-order valence-corrected chi connectivity index (χ0v) is 13.1. The molecule has 5 heteroatoms. The summed E-state index contributed by atoms with van der Waals surface area (Å²) in [4.78, 5) is 9.31. The highest BCUT2D eigenvalue weighted by Gasteiger charge is 2.30. The molecular weight excluding hydrogens is 274 g/mol. The first-order chi connectivity index (χ1) is 9.04. The quantitative estimate of drug-likeness (QED) is 0.933. The predicted molar refractivity (Wildman–Crippen MR) is 80.9 cm³/mol. The van der Waals surface area contributed by atoms with Crippen molar-refractivity contribution >= 4 is 22.7 Å². The third kappa shape index (κ3) is 3.04. The zero-order chi connectivity index (χ0) is 13.5. The van der Waals surface area contributed by atoms with Crippen LogP contribution in [0.2, 0.25) is 0 Å². The molecule has 0 amide bonds. The summed E-state index contributed by atoms with van der Waals surface area (Å²) in [5.41, 5.74) is 1.29. The fraction of sp³-hybridized carbons (Fsp3) is 0.571. The van der Waals surface area contributed by atoms with Crippen LogP contribution in [0.15, 0.2) is 17.0 Å². The van der Waals surface area contributed by atoms with Crippen LogP contribution in [0.1, 0.15) is 55.4 Å². The van der Waals surface area contributed by atoms with Gasteiger partial charge in [-0.1, -0.05) is 20.8 Å². The van der Waals surface area contributed by atoms with Crippen LogP contribution in [-0.2, 0) is 5.41 Å². The Morgan fingerprint density at radius 3 is 2.58 bits per heavy atom. The summed E-state index contributed by atoms with van der Waals surface area (Å²) in [6.45, 7) is 6.62. The van der Waals surface area contributed by atoms with Crippen molar-refractivity contribution in [2.75, 3.05) is 0 Å². The van der Waals surface area contributed by atoms with E-state index in [0.29, 0.717) is 6.04 Å². The van der Waals surface area contributed by atoms with Crippen molar-refractivity contribution in [1.82, 2.24) is 15.3 Å². The minimum atomic E-state index is 0.113. The lowest BCUT2D eigenvalue weighted by Gasteiger charge is -2.16. The lowest BCUT2D eigenvalue weighted by Crippen LogP contribution is -2.24. The molecule has 3 nitrogen and oxygen atoms in total.